The third-order valence-electron chi connectivity index (χ3n) is 3.27. The number of ether oxygens (including phenoxy) is 1. The van der Waals surface area contributed by atoms with Gasteiger partial charge in [0.2, 0.25) is 0 Å². The lowest BCUT2D eigenvalue weighted by Crippen LogP contribution is -2.35. The van der Waals surface area contributed by atoms with E-state index in [1.165, 1.54) is 5.56 Å². The minimum Gasteiger partial charge on any atom is -0.490 e. The zero-order valence-corrected chi connectivity index (χ0v) is 12.0. The van der Waals surface area contributed by atoms with Crippen LogP contribution < -0.4 is 10.1 Å². The smallest absolute Gasteiger partial charge is 0.119 e. The van der Waals surface area contributed by atoms with Gasteiger partial charge in [0.25, 0.3) is 0 Å². The van der Waals surface area contributed by atoms with Crippen LogP contribution in [-0.2, 0) is 17.3 Å². The van der Waals surface area contributed by atoms with E-state index in [1.54, 1.807) is 6.08 Å². The fourth-order valence-electron chi connectivity index (χ4n) is 2.12. The van der Waals surface area contributed by atoms with Crippen LogP contribution in [0.5, 0.6) is 5.75 Å². The molecule has 1 saturated heterocycles. The lowest BCUT2D eigenvalue weighted by atomic mass is 10.1. The molecule has 2 rings (SSSR count). The van der Waals surface area contributed by atoms with Gasteiger partial charge in [-0.15, -0.1) is 0 Å². The molecule has 1 aromatic rings. The number of hydrogen-bond donors (Lipinski definition) is 1. The number of hydrogen-bond acceptors (Lipinski definition) is 3. The van der Waals surface area contributed by atoms with Crippen molar-refractivity contribution in [3.05, 3.63) is 42.5 Å². The Balaban J connectivity index is 1.76. The summed E-state index contributed by atoms with van der Waals surface area (Å²) in [4.78, 5) is 0. The molecule has 19 heavy (non-hydrogen) atoms. The maximum Gasteiger partial charge on any atom is 0.119 e. The van der Waals surface area contributed by atoms with Crippen LogP contribution in [0.4, 0.5) is 0 Å². The molecular formula is C15H21NO2S. The molecule has 1 aromatic carbocycles. The Morgan fingerprint density at radius 3 is 2.63 bits per heavy atom. The van der Waals surface area contributed by atoms with Crippen LogP contribution in [-0.4, -0.2) is 28.4 Å². The van der Waals surface area contributed by atoms with Crippen molar-refractivity contribution in [1.82, 2.24) is 5.32 Å². The van der Waals surface area contributed by atoms with Gasteiger partial charge in [-0.05, 0) is 30.5 Å². The van der Waals surface area contributed by atoms with Gasteiger partial charge >= 0.3 is 0 Å². The van der Waals surface area contributed by atoms with Crippen molar-refractivity contribution in [2.45, 2.75) is 25.4 Å². The molecule has 0 amide bonds. The van der Waals surface area contributed by atoms with Crippen molar-refractivity contribution in [3.63, 3.8) is 0 Å². The molecule has 1 fully saturated rings. The molecule has 104 valence electrons. The number of rotatable bonds is 6. The van der Waals surface area contributed by atoms with E-state index in [4.69, 9.17) is 4.74 Å². The predicted octanol–water partition coefficient (Wildman–Crippen LogP) is 2.25. The van der Waals surface area contributed by atoms with Crippen LogP contribution >= 0.6 is 0 Å². The number of benzene rings is 1. The van der Waals surface area contributed by atoms with Gasteiger partial charge in [0, 0.05) is 34.9 Å². The molecule has 0 radical (unpaired) electrons. The third-order valence-corrected chi connectivity index (χ3v) is 4.66. The van der Waals surface area contributed by atoms with Gasteiger partial charge in [-0.2, -0.15) is 0 Å². The van der Waals surface area contributed by atoms with Crippen molar-refractivity contribution >= 4 is 10.8 Å². The zero-order chi connectivity index (χ0) is 13.5. The molecule has 4 heteroatoms. The van der Waals surface area contributed by atoms with Crippen molar-refractivity contribution < 1.29 is 8.95 Å². The second kappa shape index (κ2) is 7.46. The van der Waals surface area contributed by atoms with Crippen LogP contribution in [0.25, 0.3) is 0 Å². The van der Waals surface area contributed by atoms with Crippen LogP contribution in [0.3, 0.4) is 0 Å². The van der Waals surface area contributed by atoms with Crippen molar-refractivity contribution in [3.8, 4) is 5.75 Å². The van der Waals surface area contributed by atoms with Crippen LogP contribution in [0, 0.1) is 0 Å². The van der Waals surface area contributed by atoms with Crippen LogP contribution in [0.1, 0.15) is 18.4 Å². The predicted molar refractivity (Wildman–Crippen MR) is 79.9 cm³/mol. The van der Waals surface area contributed by atoms with Gasteiger partial charge in [0.1, 0.15) is 12.4 Å². The average molecular weight is 279 g/mol. The maximum absolute atomic E-state index is 11.3. The van der Waals surface area contributed by atoms with E-state index in [0.29, 0.717) is 12.6 Å². The quantitative estimate of drug-likeness (QED) is 0.812. The Labute approximate surface area is 117 Å². The van der Waals surface area contributed by atoms with Crippen LogP contribution in [0.15, 0.2) is 36.9 Å². The minimum absolute atomic E-state index is 0.509. The van der Waals surface area contributed by atoms with E-state index < -0.39 is 10.8 Å². The maximum atomic E-state index is 11.3. The number of nitrogens with one attached hydrogen (secondary N) is 1. The largest absolute Gasteiger partial charge is 0.490 e. The summed E-state index contributed by atoms with van der Waals surface area (Å²) in [6.07, 6.45) is 3.78. The highest BCUT2D eigenvalue weighted by molar-refractivity contribution is 7.85. The lowest BCUT2D eigenvalue weighted by molar-refractivity contribution is 0.363. The third kappa shape index (κ3) is 4.80. The fourth-order valence-corrected chi connectivity index (χ4v) is 3.42. The fraction of sp³-hybridized carbons (Fsp3) is 0.467. The zero-order valence-electron chi connectivity index (χ0n) is 11.1. The van der Waals surface area contributed by atoms with E-state index in [9.17, 15) is 4.21 Å². The van der Waals surface area contributed by atoms with Gasteiger partial charge in [-0.25, -0.2) is 0 Å². The van der Waals surface area contributed by atoms with Crippen LogP contribution in [0.2, 0.25) is 0 Å². The summed E-state index contributed by atoms with van der Waals surface area (Å²) in [5.41, 5.74) is 1.25. The lowest BCUT2D eigenvalue weighted by Gasteiger charge is -2.22. The molecule has 1 heterocycles. The second-order valence-corrected chi connectivity index (χ2v) is 6.44. The molecule has 0 bridgehead atoms. The Kier molecular flexibility index (Phi) is 5.61. The first-order chi connectivity index (χ1) is 9.28. The highest BCUT2D eigenvalue weighted by Gasteiger charge is 2.16. The molecule has 1 N–H and O–H groups in total. The Morgan fingerprint density at radius 1 is 1.32 bits per heavy atom. The molecule has 1 aliphatic rings. The molecule has 0 saturated carbocycles. The SMILES string of the molecule is C=CCOc1ccc(CNC2CCS(=O)CC2)cc1. The Hall–Kier alpha value is -1.13. The van der Waals surface area contributed by atoms with Gasteiger partial charge in [-0.3, -0.25) is 4.21 Å². The standard InChI is InChI=1S/C15H21NO2S/c1-2-9-18-15-5-3-13(4-6-15)12-16-14-7-10-19(17)11-8-14/h2-6,14,16H,1,7-12H2. The Bertz CT molecular complexity index is 420. The van der Waals surface area contributed by atoms with E-state index in [0.717, 1.165) is 36.6 Å². The summed E-state index contributed by atoms with van der Waals surface area (Å²) >= 11 is 0. The normalized spacial score (nSPS) is 22.9. The molecule has 0 spiro atoms. The van der Waals surface area contributed by atoms with Crippen molar-refractivity contribution in [2.75, 3.05) is 18.1 Å². The summed E-state index contributed by atoms with van der Waals surface area (Å²) < 4.78 is 16.7. The monoisotopic (exact) mass is 279 g/mol. The summed E-state index contributed by atoms with van der Waals surface area (Å²) in [5, 5.41) is 3.53. The second-order valence-electron chi connectivity index (χ2n) is 4.75. The summed E-state index contributed by atoms with van der Waals surface area (Å²) in [5.74, 6) is 2.55. The first kappa shape index (κ1) is 14.3. The molecule has 0 atom stereocenters. The summed E-state index contributed by atoms with van der Waals surface area (Å²) in [6.45, 7) is 5.02. The molecule has 0 unspecified atom stereocenters. The topological polar surface area (TPSA) is 38.3 Å². The summed E-state index contributed by atoms with van der Waals surface area (Å²) in [7, 11) is -0.580. The van der Waals surface area contributed by atoms with Gasteiger partial charge in [0.15, 0.2) is 0 Å². The van der Waals surface area contributed by atoms with E-state index >= 15 is 0 Å². The molecular weight excluding hydrogens is 258 g/mol. The highest BCUT2D eigenvalue weighted by Crippen LogP contribution is 2.14. The van der Waals surface area contributed by atoms with Gasteiger partial charge in [0.05, 0.1) is 0 Å². The van der Waals surface area contributed by atoms with E-state index in [-0.39, 0.29) is 0 Å². The Morgan fingerprint density at radius 2 is 2.00 bits per heavy atom. The van der Waals surface area contributed by atoms with E-state index in [1.807, 2.05) is 12.1 Å². The molecule has 0 aliphatic carbocycles. The molecule has 0 aromatic heterocycles. The van der Waals surface area contributed by atoms with Crippen molar-refractivity contribution in [2.24, 2.45) is 0 Å². The average Bonchev–Trinajstić information content (AvgIpc) is 2.46. The van der Waals surface area contributed by atoms with Gasteiger partial charge < -0.3 is 10.1 Å². The molecule has 1 aliphatic heterocycles. The van der Waals surface area contributed by atoms with E-state index in [2.05, 4.69) is 24.0 Å². The molecule has 3 nitrogen and oxygen atoms in total. The summed E-state index contributed by atoms with van der Waals surface area (Å²) in [6, 6.07) is 8.63. The first-order valence-electron chi connectivity index (χ1n) is 6.69. The minimum atomic E-state index is -0.580. The first-order valence-corrected chi connectivity index (χ1v) is 8.17. The highest BCUT2D eigenvalue weighted by atomic mass is 32.2. The van der Waals surface area contributed by atoms with Crippen molar-refractivity contribution in [1.29, 1.82) is 0 Å². The van der Waals surface area contributed by atoms with Gasteiger partial charge in [-0.1, -0.05) is 24.8 Å².